The van der Waals surface area contributed by atoms with Crippen molar-refractivity contribution in [1.29, 1.82) is 0 Å². The van der Waals surface area contributed by atoms with Crippen LogP contribution in [0.25, 0.3) is 0 Å². The molecule has 15 heavy (non-hydrogen) atoms. The molecule has 0 aliphatic rings. The van der Waals surface area contributed by atoms with Crippen LogP contribution in [0.15, 0.2) is 17.3 Å². The van der Waals surface area contributed by atoms with Crippen LogP contribution in [0.1, 0.15) is 13.3 Å². The number of carboxylic acids is 1. The van der Waals surface area contributed by atoms with Crippen molar-refractivity contribution in [2.45, 2.75) is 23.6 Å². The summed E-state index contributed by atoms with van der Waals surface area (Å²) in [5.41, 5.74) is 0. The summed E-state index contributed by atoms with van der Waals surface area (Å²) in [5, 5.41) is 7.88. The minimum absolute atomic E-state index is 0.0920. The number of halogens is 2. The summed E-state index contributed by atoms with van der Waals surface area (Å²) in [6, 6.07) is 0.684. The predicted molar refractivity (Wildman–Crippen MR) is 51.7 cm³/mol. The van der Waals surface area contributed by atoms with Crippen molar-refractivity contribution < 1.29 is 18.7 Å². The summed E-state index contributed by atoms with van der Waals surface area (Å²) in [5.74, 6) is -2.65. The van der Waals surface area contributed by atoms with Gasteiger partial charge in [-0.25, -0.2) is 13.8 Å². The lowest BCUT2D eigenvalue weighted by Crippen LogP contribution is -2.15. The fraction of sp³-hybridized carbons (Fsp3) is 0.333. The fourth-order valence-corrected chi connectivity index (χ4v) is 1.75. The third-order valence-electron chi connectivity index (χ3n) is 1.67. The van der Waals surface area contributed by atoms with Crippen LogP contribution >= 0.6 is 11.8 Å². The third-order valence-corrected chi connectivity index (χ3v) is 3.02. The lowest BCUT2D eigenvalue weighted by molar-refractivity contribution is -0.136. The largest absolute Gasteiger partial charge is 0.480 e. The molecule has 3 nitrogen and oxygen atoms in total. The molecular weight excluding hydrogens is 224 g/mol. The van der Waals surface area contributed by atoms with Crippen LogP contribution in [0.3, 0.4) is 0 Å². The summed E-state index contributed by atoms with van der Waals surface area (Å²) in [4.78, 5) is 14.2. The molecule has 0 aliphatic carbocycles. The van der Waals surface area contributed by atoms with E-state index in [1.54, 1.807) is 6.92 Å². The normalized spacial score (nSPS) is 12.5. The van der Waals surface area contributed by atoms with Gasteiger partial charge in [-0.2, -0.15) is 0 Å². The monoisotopic (exact) mass is 233 g/mol. The molecule has 0 bridgehead atoms. The zero-order valence-corrected chi connectivity index (χ0v) is 8.72. The molecule has 1 aromatic rings. The zero-order chi connectivity index (χ0) is 11.4. The molecule has 0 radical (unpaired) electrons. The lowest BCUT2D eigenvalue weighted by atomic mass is 10.3. The van der Waals surface area contributed by atoms with Crippen LogP contribution < -0.4 is 0 Å². The Hall–Kier alpha value is -1.17. The summed E-state index contributed by atoms with van der Waals surface area (Å²) in [7, 11) is 0. The van der Waals surface area contributed by atoms with Gasteiger partial charge < -0.3 is 5.11 Å². The second kappa shape index (κ2) is 5.06. The lowest BCUT2D eigenvalue weighted by Gasteiger charge is -2.08. The second-order valence-corrected chi connectivity index (χ2v) is 3.98. The van der Waals surface area contributed by atoms with E-state index in [1.165, 1.54) is 0 Å². The van der Waals surface area contributed by atoms with Crippen LogP contribution in [0.4, 0.5) is 8.78 Å². The van der Waals surface area contributed by atoms with E-state index < -0.39 is 22.9 Å². The number of aromatic nitrogens is 1. The van der Waals surface area contributed by atoms with Gasteiger partial charge in [0.05, 0.1) is 6.20 Å². The number of pyridine rings is 1. The molecule has 0 saturated heterocycles. The van der Waals surface area contributed by atoms with Crippen LogP contribution in [-0.2, 0) is 4.79 Å². The van der Waals surface area contributed by atoms with E-state index in [0.29, 0.717) is 12.5 Å². The second-order valence-electron chi connectivity index (χ2n) is 2.79. The molecule has 1 N–H and O–H groups in total. The first-order valence-corrected chi connectivity index (χ1v) is 5.13. The highest BCUT2D eigenvalue weighted by Gasteiger charge is 2.19. The molecule has 0 spiro atoms. The molecule has 0 aromatic carbocycles. The predicted octanol–water partition coefficient (Wildman–Crippen LogP) is 2.32. The number of thioether (sulfide) groups is 1. The van der Waals surface area contributed by atoms with E-state index in [-0.39, 0.29) is 5.03 Å². The van der Waals surface area contributed by atoms with E-state index in [0.717, 1.165) is 18.0 Å². The van der Waals surface area contributed by atoms with Crippen LogP contribution in [0, 0.1) is 11.6 Å². The molecule has 0 fully saturated rings. The van der Waals surface area contributed by atoms with Gasteiger partial charge in [-0.1, -0.05) is 18.7 Å². The van der Waals surface area contributed by atoms with Crippen LogP contribution in [-0.4, -0.2) is 21.3 Å². The van der Waals surface area contributed by atoms with Crippen molar-refractivity contribution in [3.63, 3.8) is 0 Å². The van der Waals surface area contributed by atoms with Gasteiger partial charge in [0.1, 0.15) is 16.1 Å². The number of hydrogen-bond acceptors (Lipinski definition) is 3. The highest BCUT2D eigenvalue weighted by molar-refractivity contribution is 8.00. The number of rotatable bonds is 4. The Morgan fingerprint density at radius 2 is 2.33 bits per heavy atom. The minimum atomic E-state index is -1.03. The van der Waals surface area contributed by atoms with Gasteiger partial charge in [0.2, 0.25) is 0 Å². The van der Waals surface area contributed by atoms with E-state index in [2.05, 4.69) is 4.98 Å². The van der Waals surface area contributed by atoms with Crippen molar-refractivity contribution in [2.75, 3.05) is 0 Å². The maximum Gasteiger partial charge on any atom is 0.317 e. The highest BCUT2D eigenvalue weighted by atomic mass is 32.2. The summed E-state index contributed by atoms with van der Waals surface area (Å²) in [6.45, 7) is 1.67. The molecule has 1 atom stereocenters. The molecule has 0 saturated carbocycles. The van der Waals surface area contributed by atoms with Crippen molar-refractivity contribution >= 4 is 17.7 Å². The maximum atomic E-state index is 13.1. The molecule has 0 amide bonds. The van der Waals surface area contributed by atoms with E-state index in [4.69, 9.17) is 5.11 Å². The number of hydrogen-bond donors (Lipinski definition) is 1. The molecule has 82 valence electrons. The number of aliphatic carboxylic acids is 1. The van der Waals surface area contributed by atoms with Gasteiger partial charge in [0, 0.05) is 6.07 Å². The third kappa shape index (κ3) is 3.16. The van der Waals surface area contributed by atoms with E-state index >= 15 is 0 Å². The Labute approximate surface area is 89.5 Å². The molecular formula is C9H9F2NO2S. The van der Waals surface area contributed by atoms with E-state index in [9.17, 15) is 13.6 Å². The SMILES string of the molecule is CCC(Sc1ncc(F)cc1F)C(=O)O. The van der Waals surface area contributed by atoms with Gasteiger partial charge in [0.25, 0.3) is 0 Å². The van der Waals surface area contributed by atoms with Gasteiger partial charge in [-0.15, -0.1) is 0 Å². The zero-order valence-electron chi connectivity index (χ0n) is 7.91. The van der Waals surface area contributed by atoms with Gasteiger partial charge in [0.15, 0.2) is 5.82 Å². The number of carbonyl (C=O) groups is 1. The van der Waals surface area contributed by atoms with Crippen LogP contribution in [0.2, 0.25) is 0 Å². The smallest absolute Gasteiger partial charge is 0.317 e. The first-order valence-electron chi connectivity index (χ1n) is 4.25. The summed E-state index contributed by atoms with van der Waals surface area (Å²) in [6.07, 6.45) is 1.21. The van der Waals surface area contributed by atoms with Crippen molar-refractivity contribution in [2.24, 2.45) is 0 Å². The summed E-state index contributed by atoms with van der Waals surface area (Å²) >= 11 is 0.780. The standard InChI is InChI=1S/C9H9F2NO2S/c1-2-7(9(13)14)15-8-6(11)3-5(10)4-12-8/h3-4,7H,2H2,1H3,(H,13,14). The molecule has 1 heterocycles. The van der Waals surface area contributed by atoms with Crippen LogP contribution in [0.5, 0.6) is 0 Å². The Kier molecular flexibility index (Phi) is 4.02. The van der Waals surface area contributed by atoms with E-state index in [1.807, 2.05) is 0 Å². The minimum Gasteiger partial charge on any atom is -0.480 e. The van der Waals surface area contributed by atoms with Crippen molar-refractivity contribution in [3.05, 3.63) is 23.9 Å². The molecule has 1 rings (SSSR count). The Morgan fingerprint density at radius 1 is 1.67 bits per heavy atom. The van der Waals surface area contributed by atoms with Gasteiger partial charge in [-0.3, -0.25) is 4.79 Å². The number of carboxylic acid groups (broad SMARTS) is 1. The first kappa shape index (κ1) is 11.9. The average Bonchev–Trinajstić information content (AvgIpc) is 2.16. The number of nitrogens with zero attached hydrogens (tertiary/aromatic N) is 1. The fourth-order valence-electron chi connectivity index (χ4n) is 0.932. The Morgan fingerprint density at radius 3 is 2.80 bits per heavy atom. The van der Waals surface area contributed by atoms with Crippen molar-refractivity contribution in [3.8, 4) is 0 Å². The maximum absolute atomic E-state index is 13.1. The topological polar surface area (TPSA) is 50.2 Å². The average molecular weight is 233 g/mol. The first-order chi connectivity index (χ1) is 7.04. The summed E-state index contributed by atoms with van der Waals surface area (Å²) < 4.78 is 25.6. The Bertz CT molecular complexity index is 373. The van der Waals surface area contributed by atoms with Gasteiger partial charge >= 0.3 is 5.97 Å². The molecule has 0 aliphatic heterocycles. The molecule has 1 aromatic heterocycles. The highest BCUT2D eigenvalue weighted by Crippen LogP contribution is 2.26. The van der Waals surface area contributed by atoms with Crippen molar-refractivity contribution in [1.82, 2.24) is 4.98 Å². The Balaban J connectivity index is 2.84. The quantitative estimate of drug-likeness (QED) is 0.811. The molecule has 6 heteroatoms. The van der Waals surface area contributed by atoms with Gasteiger partial charge in [-0.05, 0) is 6.42 Å². The molecule has 1 unspecified atom stereocenters.